The summed E-state index contributed by atoms with van der Waals surface area (Å²) in [6.07, 6.45) is 0. The van der Waals surface area contributed by atoms with Crippen molar-refractivity contribution in [2.24, 2.45) is 11.3 Å². The van der Waals surface area contributed by atoms with Crippen LogP contribution in [0.1, 0.15) is 27.7 Å². The highest BCUT2D eigenvalue weighted by atomic mass is 16.4. The zero-order chi connectivity index (χ0) is 12.9. The third kappa shape index (κ3) is 6.27. The average Bonchev–Trinajstić information content (AvgIpc) is 2.10. The maximum atomic E-state index is 11.6. The lowest BCUT2D eigenvalue weighted by Gasteiger charge is -2.27. The summed E-state index contributed by atoms with van der Waals surface area (Å²) in [7, 11) is 1.70. The van der Waals surface area contributed by atoms with Crippen molar-refractivity contribution in [1.29, 1.82) is 0 Å². The molecule has 0 aromatic carbocycles. The first-order valence-corrected chi connectivity index (χ1v) is 5.35. The molecule has 0 aliphatic carbocycles. The van der Waals surface area contributed by atoms with Crippen LogP contribution in [0.15, 0.2) is 0 Å². The van der Waals surface area contributed by atoms with Crippen molar-refractivity contribution in [2.45, 2.75) is 27.7 Å². The molecule has 0 aliphatic rings. The first-order valence-electron chi connectivity index (χ1n) is 5.35. The number of carboxylic acid groups (broad SMARTS) is 1. The topological polar surface area (TPSA) is 69.6 Å². The van der Waals surface area contributed by atoms with Gasteiger partial charge in [-0.15, -0.1) is 0 Å². The van der Waals surface area contributed by atoms with Gasteiger partial charge in [-0.2, -0.15) is 0 Å². The number of urea groups is 1. The van der Waals surface area contributed by atoms with E-state index in [0.29, 0.717) is 6.54 Å². The van der Waals surface area contributed by atoms with Crippen molar-refractivity contribution in [2.75, 3.05) is 20.1 Å². The second-order valence-electron chi connectivity index (χ2n) is 5.34. The molecule has 0 rings (SSSR count). The van der Waals surface area contributed by atoms with Gasteiger partial charge in [0.2, 0.25) is 0 Å². The Bertz CT molecular complexity index is 258. The summed E-state index contributed by atoms with van der Waals surface area (Å²) < 4.78 is 0. The van der Waals surface area contributed by atoms with Crippen molar-refractivity contribution in [1.82, 2.24) is 10.2 Å². The van der Waals surface area contributed by atoms with Crippen LogP contribution < -0.4 is 5.32 Å². The van der Waals surface area contributed by atoms with Gasteiger partial charge in [0, 0.05) is 20.1 Å². The Morgan fingerprint density at radius 2 is 1.88 bits per heavy atom. The summed E-state index contributed by atoms with van der Waals surface area (Å²) in [4.78, 5) is 23.7. The van der Waals surface area contributed by atoms with E-state index in [1.807, 2.05) is 20.8 Å². The van der Waals surface area contributed by atoms with E-state index in [-0.39, 0.29) is 18.0 Å². The average molecular weight is 230 g/mol. The van der Waals surface area contributed by atoms with Crippen LogP contribution in [0.4, 0.5) is 4.79 Å². The smallest absolute Gasteiger partial charge is 0.317 e. The second-order valence-corrected chi connectivity index (χ2v) is 5.34. The third-order valence-electron chi connectivity index (χ3n) is 2.04. The molecule has 2 N–H and O–H groups in total. The Morgan fingerprint density at radius 3 is 2.25 bits per heavy atom. The van der Waals surface area contributed by atoms with Crippen LogP contribution in [0, 0.1) is 11.3 Å². The molecule has 1 atom stereocenters. The lowest BCUT2D eigenvalue weighted by molar-refractivity contribution is -0.140. The number of carbonyl (C=O) groups excluding carboxylic acids is 1. The van der Waals surface area contributed by atoms with Gasteiger partial charge in [-0.05, 0) is 5.41 Å². The first-order chi connectivity index (χ1) is 7.13. The van der Waals surface area contributed by atoms with E-state index in [0.717, 1.165) is 0 Å². The van der Waals surface area contributed by atoms with Crippen molar-refractivity contribution in [3.8, 4) is 0 Å². The van der Waals surface area contributed by atoms with Gasteiger partial charge in [0.15, 0.2) is 0 Å². The van der Waals surface area contributed by atoms with Crippen LogP contribution in [-0.2, 0) is 4.79 Å². The summed E-state index contributed by atoms with van der Waals surface area (Å²) in [6, 6.07) is -0.233. The Kier molecular flexibility index (Phi) is 5.27. The maximum Gasteiger partial charge on any atom is 0.317 e. The summed E-state index contributed by atoms with van der Waals surface area (Å²) in [6.45, 7) is 8.46. The fraction of sp³-hybridized carbons (Fsp3) is 0.818. The van der Waals surface area contributed by atoms with Crippen molar-refractivity contribution in [3.05, 3.63) is 0 Å². The van der Waals surface area contributed by atoms with Crippen LogP contribution in [0.3, 0.4) is 0 Å². The Balaban J connectivity index is 4.02. The first kappa shape index (κ1) is 14.7. The van der Waals surface area contributed by atoms with Crippen LogP contribution in [0.2, 0.25) is 0 Å². The summed E-state index contributed by atoms with van der Waals surface area (Å²) in [5, 5.41) is 11.2. The standard InChI is InChI=1S/C11H22N2O3/c1-8(9(14)15)6-12-10(16)13(5)7-11(2,3)4/h8H,6-7H2,1-5H3,(H,12,16)(H,14,15). The Hall–Kier alpha value is -1.26. The lowest BCUT2D eigenvalue weighted by Crippen LogP contribution is -2.43. The van der Waals surface area contributed by atoms with E-state index < -0.39 is 11.9 Å². The zero-order valence-corrected chi connectivity index (χ0v) is 10.7. The predicted molar refractivity (Wildman–Crippen MR) is 62.3 cm³/mol. The molecule has 0 fully saturated rings. The Labute approximate surface area is 96.8 Å². The van der Waals surface area contributed by atoms with Crippen molar-refractivity contribution >= 4 is 12.0 Å². The number of aliphatic carboxylic acids is 1. The van der Waals surface area contributed by atoms with Crippen LogP contribution in [0.5, 0.6) is 0 Å². The maximum absolute atomic E-state index is 11.6. The van der Waals surface area contributed by atoms with Gasteiger partial charge in [0.1, 0.15) is 0 Å². The minimum atomic E-state index is -0.904. The van der Waals surface area contributed by atoms with Gasteiger partial charge in [0.05, 0.1) is 5.92 Å². The molecule has 1 unspecified atom stereocenters. The summed E-state index contributed by atoms with van der Waals surface area (Å²) in [5.41, 5.74) is 0.0322. The second kappa shape index (κ2) is 5.72. The van der Waals surface area contributed by atoms with Gasteiger partial charge in [-0.25, -0.2) is 4.79 Å². The molecule has 0 saturated heterocycles. The van der Waals surface area contributed by atoms with E-state index in [9.17, 15) is 9.59 Å². The van der Waals surface area contributed by atoms with E-state index in [1.165, 1.54) is 0 Å². The molecule has 0 aromatic heterocycles. The largest absolute Gasteiger partial charge is 0.481 e. The molecule has 2 amide bonds. The third-order valence-corrected chi connectivity index (χ3v) is 2.04. The zero-order valence-electron chi connectivity index (χ0n) is 10.7. The monoisotopic (exact) mass is 230 g/mol. The van der Waals surface area contributed by atoms with E-state index >= 15 is 0 Å². The van der Waals surface area contributed by atoms with Gasteiger partial charge in [-0.1, -0.05) is 27.7 Å². The molecular formula is C11H22N2O3. The van der Waals surface area contributed by atoms with Gasteiger partial charge < -0.3 is 15.3 Å². The minimum Gasteiger partial charge on any atom is -0.481 e. The molecular weight excluding hydrogens is 208 g/mol. The highest BCUT2D eigenvalue weighted by molar-refractivity contribution is 5.75. The number of nitrogens with zero attached hydrogens (tertiary/aromatic N) is 1. The number of carbonyl (C=O) groups is 2. The molecule has 0 radical (unpaired) electrons. The molecule has 5 heteroatoms. The SMILES string of the molecule is CC(CNC(=O)N(C)CC(C)(C)C)C(=O)O. The number of carboxylic acids is 1. The number of hydrogen-bond acceptors (Lipinski definition) is 2. The molecule has 0 spiro atoms. The highest BCUT2D eigenvalue weighted by Crippen LogP contribution is 2.13. The minimum absolute atomic E-state index is 0.0322. The number of amides is 2. The van der Waals surface area contributed by atoms with Gasteiger partial charge in [-0.3, -0.25) is 4.79 Å². The Morgan fingerprint density at radius 1 is 1.38 bits per heavy atom. The fourth-order valence-electron chi connectivity index (χ4n) is 1.25. The highest BCUT2D eigenvalue weighted by Gasteiger charge is 2.18. The van der Waals surface area contributed by atoms with Crippen molar-refractivity contribution < 1.29 is 14.7 Å². The predicted octanol–water partition coefficient (Wildman–Crippen LogP) is 1.39. The molecule has 0 aliphatic heterocycles. The van der Waals surface area contributed by atoms with E-state index in [1.54, 1.807) is 18.9 Å². The number of rotatable bonds is 4. The fourth-order valence-corrected chi connectivity index (χ4v) is 1.25. The molecule has 16 heavy (non-hydrogen) atoms. The van der Waals surface area contributed by atoms with E-state index in [2.05, 4.69) is 5.32 Å². The normalized spacial score (nSPS) is 13.1. The molecule has 94 valence electrons. The lowest BCUT2D eigenvalue weighted by atomic mass is 9.96. The summed E-state index contributed by atoms with van der Waals surface area (Å²) in [5.74, 6) is -1.47. The van der Waals surface area contributed by atoms with E-state index in [4.69, 9.17) is 5.11 Å². The molecule has 0 aromatic rings. The quantitative estimate of drug-likeness (QED) is 0.767. The van der Waals surface area contributed by atoms with Crippen LogP contribution in [0.25, 0.3) is 0 Å². The molecule has 0 saturated carbocycles. The summed E-state index contributed by atoms with van der Waals surface area (Å²) >= 11 is 0. The van der Waals surface area contributed by atoms with Crippen LogP contribution in [-0.4, -0.2) is 42.1 Å². The molecule has 0 heterocycles. The number of hydrogen-bond donors (Lipinski definition) is 2. The molecule has 0 bridgehead atoms. The van der Waals surface area contributed by atoms with Crippen molar-refractivity contribution in [3.63, 3.8) is 0 Å². The van der Waals surface area contributed by atoms with Gasteiger partial charge in [0.25, 0.3) is 0 Å². The number of nitrogens with one attached hydrogen (secondary N) is 1. The molecule has 5 nitrogen and oxygen atoms in total. The van der Waals surface area contributed by atoms with Crippen LogP contribution >= 0.6 is 0 Å². The van der Waals surface area contributed by atoms with Gasteiger partial charge >= 0.3 is 12.0 Å².